The Bertz CT molecular complexity index is 786. The highest BCUT2D eigenvalue weighted by Gasteiger charge is 2.10. The van der Waals surface area contributed by atoms with E-state index in [1.54, 1.807) is 6.20 Å². The first-order chi connectivity index (χ1) is 10.2. The van der Waals surface area contributed by atoms with Crippen LogP contribution in [0.25, 0.3) is 10.9 Å². The third kappa shape index (κ3) is 2.72. The van der Waals surface area contributed by atoms with Crippen LogP contribution in [-0.2, 0) is 6.54 Å². The first-order valence-corrected chi connectivity index (χ1v) is 7.54. The van der Waals surface area contributed by atoms with Crippen molar-refractivity contribution in [2.45, 2.75) is 6.54 Å². The standard InChI is InChI=1S/C17H16BrN3/c1-21(11-12-5-2-3-7-14(12)18)16-9-8-15(19)17-13(16)6-4-10-20-17/h2-10H,11,19H2,1H3. The third-order valence-electron chi connectivity index (χ3n) is 3.55. The Kier molecular flexibility index (Phi) is 3.80. The molecule has 1 aromatic heterocycles. The Balaban J connectivity index is 2.01. The fourth-order valence-electron chi connectivity index (χ4n) is 2.48. The zero-order valence-corrected chi connectivity index (χ0v) is 13.3. The molecular weight excluding hydrogens is 326 g/mol. The number of fused-ring (bicyclic) bond motifs is 1. The second kappa shape index (κ2) is 5.74. The SMILES string of the molecule is CN(Cc1ccccc1Br)c1ccc(N)c2ncccc12. The smallest absolute Gasteiger partial charge is 0.0951 e. The molecule has 4 heteroatoms. The quantitative estimate of drug-likeness (QED) is 0.725. The molecule has 0 bridgehead atoms. The van der Waals surface area contributed by atoms with Gasteiger partial charge in [-0.2, -0.15) is 0 Å². The van der Waals surface area contributed by atoms with E-state index in [4.69, 9.17) is 5.73 Å². The van der Waals surface area contributed by atoms with Crippen molar-refractivity contribution in [3.05, 3.63) is 64.8 Å². The van der Waals surface area contributed by atoms with E-state index in [1.165, 1.54) is 5.56 Å². The lowest BCUT2D eigenvalue weighted by Crippen LogP contribution is -2.17. The van der Waals surface area contributed by atoms with Gasteiger partial charge in [0.1, 0.15) is 0 Å². The minimum absolute atomic E-state index is 0.712. The van der Waals surface area contributed by atoms with Crippen LogP contribution in [0.4, 0.5) is 11.4 Å². The number of anilines is 2. The Morgan fingerprint density at radius 2 is 1.90 bits per heavy atom. The van der Waals surface area contributed by atoms with Crippen molar-refractivity contribution in [3.8, 4) is 0 Å². The monoisotopic (exact) mass is 341 g/mol. The van der Waals surface area contributed by atoms with Crippen LogP contribution in [0.3, 0.4) is 0 Å². The van der Waals surface area contributed by atoms with Gasteiger partial charge >= 0.3 is 0 Å². The fraction of sp³-hybridized carbons (Fsp3) is 0.118. The Morgan fingerprint density at radius 3 is 2.71 bits per heavy atom. The van der Waals surface area contributed by atoms with Crippen LogP contribution in [0.2, 0.25) is 0 Å². The average Bonchev–Trinajstić information content (AvgIpc) is 2.50. The van der Waals surface area contributed by atoms with E-state index in [-0.39, 0.29) is 0 Å². The number of nitrogen functional groups attached to an aromatic ring is 1. The summed E-state index contributed by atoms with van der Waals surface area (Å²) in [4.78, 5) is 6.60. The highest BCUT2D eigenvalue weighted by Crippen LogP contribution is 2.30. The Labute approximate surface area is 132 Å². The summed E-state index contributed by atoms with van der Waals surface area (Å²) in [6, 6.07) is 16.2. The zero-order chi connectivity index (χ0) is 14.8. The van der Waals surface area contributed by atoms with E-state index in [9.17, 15) is 0 Å². The molecule has 0 aliphatic rings. The minimum Gasteiger partial charge on any atom is -0.397 e. The molecule has 0 unspecified atom stereocenters. The van der Waals surface area contributed by atoms with Crippen LogP contribution in [0.5, 0.6) is 0 Å². The van der Waals surface area contributed by atoms with Crippen molar-refractivity contribution < 1.29 is 0 Å². The van der Waals surface area contributed by atoms with E-state index in [0.717, 1.165) is 27.6 Å². The van der Waals surface area contributed by atoms with Gasteiger partial charge in [0, 0.05) is 35.3 Å². The van der Waals surface area contributed by atoms with Gasteiger partial charge in [-0.1, -0.05) is 34.1 Å². The van der Waals surface area contributed by atoms with Gasteiger partial charge in [-0.05, 0) is 35.9 Å². The normalized spacial score (nSPS) is 10.8. The van der Waals surface area contributed by atoms with Crippen molar-refractivity contribution in [1.82, 2.24) is 4.98 Å². The Morgan fingerprint density at radius 1 is 1.10 bits per heavy atom. The van der Waals surface area contributed by atoms with Gasteiger partial charge in [-0.15, -0.1) is 0 Å². The molecule has 3 nitrogen and oxygen atoms in total. The summed E-state index contributed by atoms with van der Waals surface area (Å²) in [5.74, 6) is 0. The molecule has 0 amide bonds. The second-order valence-electron chi connectivity index (χ2n) is 5.02. The largest absolute Gasteiger partial charge is 0.397 e. The summed E-state index contributed by atoms with van der Waals surface area (Å²) < 4.78 is 1.12. The second-order valence-corrected chi connectivity index (χ2v) is 5.88. The molecule has 0 atom stereocenters. The molecule has 0 spiro atoms. The first kappa shape index (κ1) is 13.9. The van der Waals surface area contributed by atoms with Crippen molar-refractivity contribution in [2.75, 3.05) is 17.7 Å². The van der Waals surface area contributed by atoms with Crippen LogP contribution >= 0.6 is 15.9 Å². The van der Waals surface area contributed by atoms with E-state index in [1.807, 2.05) is 18.2 Å². The van der Waals surface area contributed by atoms with Crippen LogP contribution in [-0.4, -0.2) is 12.0 Å². The molecule has 0 fully saturated rings. The van der Waals surface area contributed by atoms with Gasteiger partial charge in [0.2, 0.25) is 0 Å². The van der Waals surface area contributed by atoms with Gasteiger partial charge in [-0.25, -0.2) is 0 Å². The van der Waals surface area contributed by atoms with E-state index < -0.39 is 0 Å². The fourth-order valence-corrected chi connectivity index (χ4v) is 2.89. The van der Waals surface area contributed by atoms with Gasteiger partial charge in [0.25, 0.3) is 0 Å². The van der Waals surface area contributed by atoms with E-state index >= 15 is 0 Å². The number of benzene rings is 2. The maximum absolute atomic E-state index is 6.01. The molecule has 0 radical (unpaired) electrons. The van der Waals surface area contributed by atoms with Gasteiger partial charge in [0.05, 0.1) is 11.2 Å². The van der Waals surface area contributed by atoms with Gasteiger partial charge in [0.15, 0.2) is 0 Å². The number of hydrogen-bond donors (Lipinski definition) is 1. The van der Waals surface area contributed by atoms with Crippen LogP contribution in [0.1, 0.15) is 5.56 Å². The number of aromatic nitrogens is 1. The molecule has 0 saturated heterocycles. The lowest BCUT2D eigenvalue weighted by atomic mass is 10.1. The number of nitrogens with zero attached hydrogens (tertiary/aromatic N) is 2. The van der Waals surface area contributed by atoms with Gasteiger partial charge in [-0.3, -0.25) is 4.98 Å². The maximum atomic E-state index is 6.01. The molecule has 3 rings (SSSR count). The number of rotatable bonds is 3. The molecule has 2 N–H and O–H groups in total. The minimum atomic E-state index is 0.712. The molecule has 3 aromatic rings. The Hall–Kier alpha value is -2.07. The van der Waals surface area contributed by atoms with Crippen molar-refractivity contribution >= 4 is 38.2 Å². The molecule has 106 valence electrons. The highest BCUT2D eigenvalue weighted by atomic mass is 79.9. The van der Waals surface area contributed by atoms with Crippen molar-refractivity contribution in [3.63, 3.8) is 0 Å². The van der Waals surface area contributed by atoms with Crippen molar-refractivity contribution in [2.24, 2.45) is 0 Å². The maximum Gasteiger partial charge on any atom is 0.0951 e. The van der Waals surface area contributed by atoms with E-state index in [0.29, 0.717) is 5.69 Å². The molecule has 1 heterocycles. The predicted molar refractivity (Wildman–Crippen MR) is 92.4 cm³/mol. The van der Waals surface area contributed by atoms with Crippen LogP contribution < -0.4 is 10.6 Å². The summed E-state index contributed by atoms with van der Waals surface area (Å²) in [6.45, 7) is 0.815. The van der Waals surface area contributed by atoms with Crippen LogP contribution in [0, 0.1) is 0 Å². The summed E-state index contributed by atoms with van der Waals surface area (Å²) >= 11 is 3.60. The van der Waals surface area contributed by atoms with Crippen LogP contribution in [0.15, 0.2) is 59.2 Å². The summed E-state index contributed by atoms with van der Waals surface area (Å²) in [5.41, 5.74) is 9.95. The summed E-state index contributed by atoms with van der Waals surface area (Å²) in [5, 5.41) is 1.08. The first-order valence-electron chi connectivity index (χ1n) is 6.74. The highest BCUT2D eigenvalue weighted by molar-refractivity contribution is 9.10. The number of nitrogens with two attached hydrogens (primary N) is 1. The number of halogens is 1. The molecular formula is C17H16BrN3. The zero-order valence-electron chi connectivity index (χ0n) is 11.8. The van der Waals surface area contributed by atoms with Crippen molar-refractivity contribution in [1.29, 1.82) is 0 Å². The lowest BCUT2D eigenvalue weighted by molar-refractivity contribution is 0.923. The molecule has 21 heavy (non-hydrogen) atoms. The molecule has 0 aliphatic heterocycles. The molecule has 2 aromatic carbocycles. The lowest BCUT2D eigenvalue weighted by Gasteiger charge is -2.22. The number of pyridine rings is 1. The molecule has 0 saturated carbocycles. The summed E-state index contributed by atoms with van der Waals surface area (Å²) in [6.07, 6.45) is 1.77. The average molecular weight is 342 g/mol. The number of hydrogen-bond acceptors (Lipinski definition) is 3. The summed E-state index contributed by atoms with van der Waals surface area (Å²) in [7, 11) is 2.08. The molecule has 0 aliphatic carbocycles. The predicted octanol–water partition coefficient (Wildman–Crippen LogP) is 4.22. The topological polar surface area (TPSA) is 42.1 Å². The van der Waals surface area contributed by atoms with Gasteiger partial charge < -0.3 is 10.6 Å². The third-order valence-corrected chi connectivity index (χ3v) is 4.33. The van der Waals surface area contributed by atoms with E-state index in [2.05, 4.69) is 63.2 Å².